The Morgan fingerprint density at radius 3 is 2.21 bits per heavy atom. The van der Waals surface area contributed by atoms with Crippen LogP contribution in [0.15, 0.2) is 18.2 Å². The molecule has 0 heterocycles. The van der Waals surface area contributed by atoms with Crippen molar-refractivity contribution < 1.29 is 0 Å². The van der Waals surface area contributed by atoms with E-state index in [4.69, 9.17) is 0 Å². The monoisotopic (exact) mass is 294 g/mol. The Bertz CT molecular complexity index is 547. The van der Waals surface area contributed by atoms with Gasteiger partial charge in [0.1, 0.15) is 0 Å². The topological polar surface area (TPSA) is 0 Å². The molecule has 3 rings (SSSR count). The zero-order chi connectivity index (χ0) is 13.8. The zero-order valence-electron chi connectivity index (χ0n) is 12.8. The highest BCUT2D eigenvalue weighted by Crippen LogP contribution is 2.79. The highest BCUT2D eigenvalue weighted by molar-refractivity contribution is 9.07. The summed E-state index contributed by atoms with van der Waals surface area (Å²) in [6.45, 7) is 0. The van der Waals surface area contributed by atoms with Gasteiger partial charge in [0.2, 0.25) is 0 Å². The molecule has 1 unspecified atom stereocenters. The first-order valence-corrected chi connectivity index (χ1v) is 12.9. The molecule has 0 fully saturated rings. The lowest BCUT2D eigenvalue weighted by molar-refractivity contribution is 0.911. The molecule has 19 heavy (non-hydrogen) atoms. The van der Waals surface area contributed by atoms with Crippen molar-refractivity contribution in [1.29, 1.82) is 0 Å². The minimum atomic E-state index is -0.610. The first-order chi connectivity index (χ1) is 8.80. The van der Waals surface area contributed by atoms with E-state index >= 15 is 0 Å². The Kier molecular flexibility index (Phi) is 3.10. The van der Waals surface area contributed by atoms with Gasteiger partial charge in [-0.25, -0.2) is 18.1 Å². The largest absolute Gasteiger partial charge is 0.218 e. The minimum absolute atomic E-state index is 0.510. The van der Waals surface area contributed by atoms with E-state index in [9.17, 15) is 0 Å². The van der Waals surface area contributed by atoms with Crippen LogP contribution in [0.3, 0.4) is 0 Å². The van der Waals surface area contributed by atoms with Gasteiger partial charge < -0.3 is 0 Å². The maximum absolute atomic E-state index is 2.54. The second kappa shape index (κ2) is 4.33. The lowest BCUT2D eigenvalue weighted by Crippen LogP contribution is -2.12. The van der Waals surface area contributed by atoms with Crippen molar-refractivity contribution in [1.82, 2.24) is 0 Å². The SMILES string of the molecule is CS(C)(C)S(C)(C)C1C=Cc2cc3c(cc21)CCC3. The van der Waals surface area contributed by atoms with E-state index < -0.39 is 18.1 Å². The third-order valence-corrected chi connectivity index (χ3v) is 17.5. The van der Waals surface area contributed by atoms with Gasteiger partial charge in [0.05, 0.1) is 0 Å². The van der Waals surface area contributed by atoms with Crippen LogP contribution in [0.2, 0.25) is 0 Å². The number of hydrogen-bond donors (Lipinski definition) is 0. The number of hydrogen-bond acceptors (Lipinski definition) is 0. The lowest BCUT2D eigenvalue weighted by Gasteiger charge is -2.52. The molecule has 0 spiro atoms. The van der Waals surface area contributed by atoms with E-state index in [1.165, 1.54) is 24.8 Å². The van der Waals surface area contributed by atoms with E-state index in [-0.39, 0.29) is 0 Å². The Balaban J connectivity index is 2.06. The summed E-state index contributed by atoms with van der Waals surface area (Å²) in [5, 5.41) is 0.684. The molecule has 106 valence electrons. The lowest BCUT2D eigenvalue weighted by atomic mass is 10.0. The predicted molar refractivity (Wildman–Crippen MR) is 95.0 cm³/mol. The van der Waals surface area contributed by atoms with Crippen molar-refractivity contribution in [3.63, 3.8) is 0 Å². The third-order valence-electron chi connectivity index (χ3n) is 4.95. The van der Waals surface area contributed by atoms with Crippen LogP contribution < -0.4 is 0 Å². The zero-order valence-corrected chi connectivity index (χ0v) is 14.5. The standard InChI is InChI=1S/C17H26S2/c1-18(2,3)19(4,5)17-10-9-15-11-13-7-6-8-14(13)12-16(15)17/h9-12,17H,6-8H2,1-5H3. The quantitative estimate of drug-likeness (QED) is 0.679. The molecule has 2 aliphatic rings. The molecule has 2 aliphatic carbocycles. The van der Waals surface area contributed by atoms with Gasteiger partial charge in [-0.1, -0.05) is 24.3 Å². The highest BCUT2D eigenvalue weighted by atomic mass is 33.2. The molecule has 0 amide bonds. The van der Waals surface area contributed by atoms with Gasteiger partial charge in [-0.15, -0.1) is 0 Å². The van der Waals surface area contributed by atoms with Gasteiger partial charge in [-0.05, 0) is 72.8 Å². The van der Waals surface area contributed by atoms with E-state index in [0.29, 0.717) is 5.25 Å². The summed E-state index contributed by atoms with van der Waals surface area (Å²) in [5.41, 5.74) is 6.38. The van der Waals surface area contributed by atoms with E-state index in [1.54, 1.807) is 16.7 Å². The number of benzene rings is 1. The molecular formula is C17H26S2. The van der Waals surface area contributed by atoms with Gasteiger partial charge in [-0.3, -0.25) is 0 Å². The number of fused-ring (bicyclic) bond motifs is 2. The van der Waals surface area contributed by atoms with Crippen molar-refractivity contribution in [2.24, 2.45) is 0 Å². The molecule has 0 saturated carbocycles. The van der Waals surface area contributed by atoms with Crippen molar-refractivity contribution in [2.45, 2.75) is 24.5 Å². The van der Waals surface area contributed by atoms with Crippen LogP contribution in [0.25, 0.3) is 6.08 Å². The van der Waals surface area contributed by atoms with Crippen LogP contribution in [0, 0.1) is 0 Å². The Morgan fingerprint density at radius 2 is 1.58 bits per heavy atom. The van der Waals surface area contributed by atoms with E-state index in [0.717, 1.165) is 0 Å². The number of rotatable bonds is 2. The molecule has 0 nitrogen and oxygen atoms in total. The van der Waals surface area contributed by atoms with Crippen molar-refractivity contribution in [3.05, 3.63) is 40.5 Å². The summed E-state index contributed by atoms with van der Waals surface area (Å²) in [4.78, 5) is 0. The summed E-state index contributed by atoms with van der Waals surface area (Å²) in [7, 11) is -1.12. The fraction of sp³-hybridized carbons (Fsp3) is 0.529. The molecule has 0 N–H and O–H groups in total. The maximum atomic E-state index is 2.54. The molecule has 1 aromatic rings. The van der Waals surface area contributed by atoms with E-state index in [1.807, 2.05) is 0 Å². The van der Waals surface area contributed by atoms with Crippen molar-refractivity contribution >= 4 is 24.2 Å². The van der Waals surface area contributed by atoms with Crippen LogP contribution in [0.4, 0.5) is 0 Å². The van der Waals surface area contributed by atoms with Crippen LogP contribution in [-0.2, 0) is 12.8 Å². The highest BCUT2D eigenvalue weighted by Gasteiger charge is 2.35. The van der Waals surface area contributed by atoms with Gasteiger partial charge in [0.15, 0.2) is 0 Å². The van der Waals surface area contributed by atoms with Crippen LogP contribution >= 0.6 is 18.1 Å². The summed E-state index contributed by atoms with van der Waals surface area (Å²) < 4.78 is 0. The summed E-state index contributed by atoms with van der Waals surface area (Å²) >= 11 is 0. The predicted octanol–water partition coefficient (Wildman–Crippen LogP) is 4.92. The van der Waals surface area contributed by atoms with Gasteiger partial charge in [-0.2, -0.15) is 0 Å². The molecule has 0 aromatic heterocycles. The summed E-state index contributed by atoms with van der Waals surface area (Å²) in [6.07, 6.45) is 21.4. The molecular weight excluding hydrogens is 268 g/mol. The smallest absolute Gasteiger partial charge is 0.0394 e. The fourth-order valence-electron chi connectivity index (χ4n) is 3.15. The second-order valence-corrected chi connectivity index (χ2v) is 19.1. The average molecular weight is 295 g/mol. The minimum Gasteiger partial charge on any atom is -0.218 e. The first-order valence-electron chi connectivity index (χ1n) is 7.05. The third kappa shape index (κ3) is 2.08. The van der Waals surface area contributed by atoms with Gasteiger partial charge in [0, 0.05) is 5.25 Å². The molecule has 0 saturated heterocycles. The Morgan fingerprint density at radius 1 is 0.947 bits per heavy atom. The Labute approximate surface area is 120 Å². The molecule has 0 bridgehead atoms. The molecule has 2 heteroatoms. The van der Waals surface area contributed by atoms with E-state index in [2.05, 4.69) is 55.6 Å². The average Bonchev–Trinajstić information content (AvgIpc) is 2.88. The summed E-state index contributed by atoms with van der Waals surface area (Å²) in [5.74, 6) is 0. The van der Waals surface area contributed by atoms with Crippen molar-refractivity contribution in [2.75, 3.05) is 31.3 Å². The summed E-state index contributed by atoms with van der Waals surface area (Å²) in [6, 6.07) is 5.02. The first kappa shape index (κ1) is 13.6. The molecule has 1 aromatic carbocycles. The maximum Gasteiger partial charge on any atom is 0.0394 e. The molecule has 1 atom stereocenters. The van der Waals surface area contributed by atoms with Crippen LogP contribution in [-0.4, -0.2) is 31.3 Å². The molecule has 0 radical (unpaired) electrons. The second-order valence-electron chi connectivity index (χ2n) is 6.92. The van der Waals surface area contributed by atoms with Crippen molar-refractivity contribution in [3.8, 4) is 0 Å². The molecule has 0 aliphatic heterocycles. The normalized spacial score (nSPS) is 23.3. The van der Waals surface area contributed by atoms with Gasteiger partial charge in [0.25, 0.3) is 0 Å². The van der Waals surface area contributed by atoms with Crippen LogP contribution in [0.5, 0.6) is 0 Å². The van der Waals surface area contributed by atoms with Gasteiger partial charge >= 0.3 is 0 Å². The fourth-order valence-corrected chi connectivity index (χ4v) is 7.42. The van der Waals surface area contributed by atoms with Crippen LogP contribution in [0.1, 0.15) is 33.9 Å². The number of aryl methyl sites for hydroxylation is 2. The Hall–Kier alpha value is -0.340.